The second-order valence-electron chi connectivity index (χ2n) is 4.07. The lowest BCUT2D eigenvalue weighted by atomic mass is 10.1. The van der Waals surface area contributed by atoms with Crippen LogP contribution in [0.2, 0.25) is 0 Å². The third kappa shape index (κ3) is 2.48. The van der Waals surface area contributed by atoms with E-state index in [2.05, 4.69) is 5.10 Å². The molecule has 0 amide bonds. The largest absolute Gasteiger partial charge is 0.478 e. The number of carboxylic acids is 1. The Kier molecular flexibility index (Phi) is 3.28. The summed E-state index contributed by atoms with van der Waals surface area (Å²) >= 11 is 0. The molecule has 0 unspecified atom stereocenters. The van der Waals surface area contributed by atoms with E-state index in [-0.39, 0.29) is 0 Å². The fourth-order valence-electron chi connectivity index (χ4n) is 1.86. The number of hydrogen-bond acceptors (Lipinski definition) is 2. The van der Waals surface area contributed by atoms with Crippen molar-refractivity contribution in [2.75, 3.05) is 0 Å². The maximum atomic E-state index is 10.6. The summed E-state index contributed by atoms with van der Waals surface area (Å²) in [6, 6.07) is 9.55. The Bertz CT molecular complexity index is 612. The van der Waals surface area contributed by atoms with Crippen LogP contribution < -0.4 is 0 Å². The van der Waals surface area contributed by atoms with Crippen LogP contribution in [0.5, 0.6) is 0 Å². The molecule has 0 atom stereocenters. The van der Waals surface area contributed by atoms with Crippen molar-refractivity contribution in [3.63, 3.8) is 0 Å². The molecule has 0 aliphatic heterocycles. The van der Waals surface area contributed by atoms with Crippen molar-refractivity contribution in [1.29, 1.82) is 0 Å². The summed E-state index contributed by atoms with van der Waals surface area (Å²) in [6.45, 7) is 3.90. The zero-order chi connectivity index (χ0) is 13.1. The number of carboxylic acid groups (broad SMARTS) is 1. The summed E-state index contributed by atoms with van der Waals surface area (Å²) in [4.78, 5) is 10.6. The standard InChI is InChI=1S/C14H14N2O2/c1-10-9-11(2)16(15-10)13-6-4-3-5-12(13)7-8-14(17)18/h3-9H,1-2H3,(H,17,18)/b8-7+. The topological polar surface area (TPSA) is 55.1 Å². The average Bonchev–Trinajstić information content (AvgIpc) is 2.66. The quantitative estimate of drug-likeness (QED) is 0.842. The summed E-state index contributed by atoms with van der Waals surface area (Å²) in [7, 11) is 0. The molecule has 2 aromatic rings. The van der Waals surface area contributed by atoms with E-state index in [9.17, 15) is 4.79 Å². The van der Waals surface area contributed by atoms with Crippen molar-refractivity contribution >= 4 is 12.0 Å². The van der Waals surface area contributed by atoms with Crippen LogP contribution in [0.15, 0.2) is 36.4 Å². The zero-order valence-electron chi connectivity index (χ0n) is 10.3. The molecule has 1 N–H and O–H groups in total. The second-order valence-corrected chi connectivity index (χ2v) is 4.07. The van der Waals surface area contributed by atoms with E-state index in [1.54, 1.807) is 6.08 Å². The summed E-state index contributed by atoms with van der Waals surface area (Å²) in [5.74, 6) is -0.960. The lowest BCUT2D eigenvalue weighted by Crippen LogP contribution is -2.01. The van der Waals surface area contributed by atoms with Gasteiger partial charge in [-0.2, -0.15) is 5.10 Å². The molecule has 1 heterocycles. The van der Waals surface area contributed by atoms with Crippen molar-refractivity contribution < 1.29 is 9.90 Å². The number of nitrogens with zero attached hydrogens (tertiary/aromatic N) is 2. The van der Waals surface area contributed by atoms with Crippen molar-refractivity contribution in [3.8, 4) is 5.69 Å². The number of hydrogen-bond donors (Lipinski definition) is 1. The van der Waals surface area contributed by atoms with Crippen molar-refractivity contribution in [3.05, 3.63) is 53.4 Å². The first kappa shape index (κ1) is 12.1. The van der Waals surface area contributed by atoms with E-state index in [1.807, 2.05) is 48.9 Å². The molecular formula is C14H14N2O2. The Morgan fingerprint density at radius 1 is 1.33 bits per heavy atom. The lowest BCUT2D eigenvalue weighted by molar-refractivity contribution is -0.131. The highest BCUT2D eigenvalue weighted by Crippen LogP contribution is 2.18. The Morgan fingerprint density at radius 3 is 2.67 bits per heavy atom. The van der Waals surface area contributed by atoms with Gasteiger partial charge in [0.2, 0.25) is 0 Å². The third-order valence-electron chi connectivity index (χ3n) is 2.58. The molecular weight excluding hydrogens is 228 g/mol. The number of para-hydroxylation sites is 1. The van der Waals surface area contributed by atoms with Gasteiger partial charge in [0.05, 0.1) is 11.4 Å². The number of carbonyl (C=O) groups is 1. The van der Waals surface area contributed by atoms with Crippen LogP contribution >= 0.6 is 0 Å². The number of aryl methyl sites for hydroxylation is 2. The first-order valence-corrected chi connectivity index (χ1v) is 5.61. The van der Waals surface area contributed by atoms with Crippen LogP contribution in [-0.2, 0) is 4.79 Å². The Hall–Kier alpha value is -2.36. The summed E-state index contributed by atoms with van der Waals surface area (Å²) in [5.41, 5.74) is 3.65. The smallest absolute Gasteiger partial charge is 0.328 e. The van der Waals surface area contributed by atoms with Gasteiger partial charge in [-0.15, -0.1) is 0 Å². The lowest BCUT2D eigenvalue weighted by Gasteiger charge is -2.07. The fourth-order valence-corrected chi connectivity index (χ4v) is 1.86. The minimum Gasteiger partial charge on any atom is -0.478 e. The minimum absolute atomic E-state index is 0.825. The van der Waals surface area contributed by atoms with Crippen molar-refractivity contribution in [2.24, 2.45) is 0 Å². The van der Waals surface area contributed by atoms with Gasteiger partial charge < -0.3 is 5.11 Å². The predicted octanol–water partition coefficient (Wildman–Crippen LogP) is 2.59. The molecule has 92 valence electrons. The van der Waals surface area contributed by atoms with Crippen LogP contribution in [0.25, 0.3) is 11.8 Å². The molecule has 18 heavy (non-hydrogen) atoms. The van der Waals surface area contributed by atoms with Crippen LogP contribution in [0.1, 0.15) is 17.0 Å². The molecule has 0 aliphatic carbocycles. The first-order chi connectivity index (χ1) is 8.58. The van der Waals surface area contributed by atoms with Gasteiger partial charge in [-0.1, -0.05) is 18.2 Å². The van der Waals surface area contributed by atoms with Gasteiger partial charge in [-0.3, -0.25) is 0 Å². The number of rotatable bonds is 3. The van der Waals surface area contributed by atoms with Crippen LogP contribution in [0, 0.1) is 13.8 Å². The van der Waals surface area contributed by atoms with Gasteiger partial charge in [0.15, 0.2) is 0 Å². The number of aromatic nitrogens is 2. The highest BCUT2D eigenvalue weighted by Gasteiger charge is 2.06. The molecule has 0 radical (unpaired) electrons. The molecule has 0 spiro atoms. The summed E-state index contributed by atoms with van der Waals surface area (Å²) in [5, 5.41) is 13.1. The van der Waals surface area contributed by atoms with Crippen LogP contribution in [0.3, 0.4) is 0 Å². The molecule has 0 saturated carbocycles. The Labute approximate surface area is 105 Å². The van der Waals surface area contributed by atoms with Gasteiger partial charge in [0.1, 0.15) is 0 Å². The molecule has 0 fully saturated rings. The molecule has 4 nitrogen and oxygen atoms in total. The third-order valence-corrected chi connectivity index (χ3v) is 2.58. The summed E-state index contributed by atoms with van der Waals surface area (Å²) in [6.07, 6.45) is 2.71. The van der Waals surface area contributed by atoms with Gasteiger partial charge in [-0.05, 0) is 32.1 Å². The number of aliphatic carboxylic acids is 1. The van der Waals surface area contributed by atoms with Crippen molar-refractivity contribution in [2.45, 2.75) is 13.8 Å². The van der Waals surface area contributed by atoms with Crippen LogP contribution in [0.4, 0.5) is 0 Å². The van der Waals surface area contributed by atoms with E-state index in [1.165, 1.54) is 0 Å². The predicted molar refractivity (Wildman–Crippen MR) is 69.7 cm³/mol. The number of benzene rings is 1. The minimum atomic E-state index is -0.960. The highest BCUT2D eigenvalue weighted by molar-refractivity contribution is 5.86. The average molecular weight is 242 g/mol. The fraction of sp³-hybridized carbons (Fsp3) is 0.143. The molecule has 1 aromatic carbocycles. The van der Waals surface area contributed by atoms with Gasteiger partial charge in [0, 0.05) is 17.3 Å². The van der Waals surface area contributed by atoms with Gasteiger partial charge in [-0.25, -0.2) is 9.48 Å². The molecule has 0 saturated heterocycles. The second kappa shape index (κ2) is 4.87. The van der Waals surface area contributed by atoms with E-state index in [0.717, 1.165) is 28.7 Å². The molecule has 1 aromatic heterocycles. The van der Waals surface area contributed by atoms with E-state index >= 15 is 0 Å². The first-order valence-electron chi connectivity index (χ1n) is 5.61. The van der Waals surface area contributed by atoms with Gasteiger partial charge in [0.25, 0.3) is 0 Å². The highest BCUT2D eigenvalue weighted by atomic mass is 16.4. The normalized spacial score (nSPS) is 11.0. The Balaban J connectivity index is 2.51. The maximum Gasteiger partial charge on any atom is 0.328 e. The molecule has 0 bridgehead atoms. The Morgan fingerprint density at radius 2 is 2.06 bits per heavy atom. The van der Waals surface area contributed by atoms with Crippen molar-refractivity contribution in [1.82, 2.24) is 9.78 Å². The molecule has 0 aliphatic rings. The van der Waals surface area contributed by atoms with Crippen LogP contribution in [-0.4, -0.2) is 20.9 Å². The maximum absolute atomic E-state index is 10.6. The monoisotopic (exact) mass is 242 g/mol. The van der Waals surface area contributed by atoms with Gasteiger partial charge >= 0.3 is 5.97 Å². The van der Waals surface area contributed by atoms with E-state index in [4.69, 9.17) is 5.11 Å². The molecule has 4 heteroatoms. The van der Waals surface area contributed by atoms with E-state index < -0.39 is 5.97 Å². The zero-order valence-corrected chi connectivity index (χ0v) is 10.3. The van der Waals surface area contributed by atoms with E-state index in [0.29, 0.717) is 0 Å². The molecule has 2 rings (SSSR count). The summed E-state index contributed by atoms with van der Waals surface area (Å²) < 4.78 is 1.82. The SMILES string of the molecule is Cc1cc(C)n(-c2ccccc2/C=C/C(=O)O)n1.